The van der Waals surface area contributed by atoms with Gasteiger partial charge in [-0.3, -0.25) is 19.3 Å². The number of thioether (sulfide) groups is 2. The molecule has 1 fully saturated rings. The summed E-state index contributed by atoms with van der Waals surface area (Å²) in [6, 6.07) is -0.149. The van der Waals surface area contributed by atoms with E-state index in [1.807, 2.05) is 0 Å². The summed E-state index contributed by atoms with van der Waals surface area (Å²) in [6.07, 6.45) is -0.648. The van der Waals surface area contributed by atoms with Crippen molar-refractivity contribution in [1.82, 2.24) is 15.2 Å². The Morgan fingerprint density at radius 3 is 2.60 bits per heavy atom. The van der Waals surface area contributed by atoms with Gasteiger partial charge in [0.05, 0.1) is 11.4 Å². The Balaban J connectivity index is 1.33. The maximum Gasteiger partial charge on any atom is 0.352 e. The topological polar surface area (TPSA) is 302 Å². The number of nitrogens with two attached hydrogens (primary N) is 1. The van der Waals surface area contributed by atoms with Gasteiger partial charge in [-0.1, -0.05) is 33.2 Å². The molecule has 4 heterocycles. The predicted octanol–water partition coefficient (Wildman–Crippen LogP) is 1.93. The van der Waals surface area contributed by atoms with E-state index in [0.29, 0.717) is 5.57 Å². The Hall–Kier alpha value is -5.00. The second kappa shape index (κ2) is 14.1. The van der Waals surface area contributed by atoms with Gasteiger partial charge in [0.2, 0.25) is 10.8 Å². The number of aliphatic carboxylic acids is 3. The number of hydrogen-bond donors (Lipinski definition) is 7. The molecule has 0 saturated carbocycles. The molecule has 1 saturated heterocycles. The fourth-order valence-electron chi connectivity index (χ4n) is 4.63. The van der Waals surface area contributed by atoms with Gasteiger partial charge in [-0.2, -0.15) is 0 Å². The van der Waals surface area contributed by atoms with Crippen LogP contribution in [0.25, 0.3) is 0 Å². The zero-order chi connectivity index (χ0) is 36.7. The highest BCUT2D eigenvalue weighted by molar-refractivity contribution is 8.01. The third kappa shape index (κ3) is 7.01. The van der Waals surface area contributed by atoms with Crippen LogP contribution >= 0.6 is 46.5 Å². The number of carboxylic acids is 3. The number of β-lactam (4-membered cyclic amide) rings is 1. The number of nitrogens with zero attached hydrogens (tertiary/aromatic N) is 7. The van der Waals surface area contributed by atoms with Crippen molar-refractivity contribution in [2.45, 2.75) is 42.8 Å². The lowest BCUT2D eigenvalue weighted by atomic mass is 10.0. The minimum atomic E-state index is -1.82. The van der Waals surface area contributed by atoms with Gasteiger partial charge in [0, 0.05) is 33.6 Å². The van der Waals surface area contributed by atoms with Crippen LogP contribution in [0.3, 0.4) is 0 Å². The first-order valence-electron chi connectivity index (χ1n) is 13.9. The first-order chi connectivity index (χ1) is 23.5. The molecule has 0 bridgehead atoms. The number of rotatable bonds is 13. The normalized spacial score (nSPS) is 20.3. The highest BCUT2D eigenvalue weighted by Gasteiger charge is 2.54. The zero-order valence-corrected chi connectivity index (χ0v) is 28.7. The molecule has 0 aliphatic carbocycles. The summed E-state index contributed by atoms with van der Waals surface area (Å²) in [7, 11) is 0. The van der Waals surface area contributed by atoms with E-state index in [1.165, 1.54) is 19.2 Å². The smallest absolute Gasteiger partial charge is 0.352 e. The average molecular weight is 771 g/mol. The van der Waals surface area contributed by atoms with Crippen molar-refractivity contribution in [3.63, 3.8) is 0 Å². The molecule has 24 heteroatoms. The summed E-state index contributed by atoms with van der Waals surface area (Å²) < 4.78 is 1.14. The molecule has 50 heavy (non-hydrogen) atoms. The van der Waals surface area contributed by atoms with Crippen molar-refractivity contribution in [2.24, 2.45) is 20.7 Å². The van der Waals surface area contributed by atoms with Crippen LogP contribution in [-0.4, -0.2) is 110 Å². The largest absolute Gasteiger partial charge is 0.504 e. The zero-order valence-electron chi connectivity index (χ0n) is 25.5. The van der Waals surface area contributed by atoms with Gasteiger partial charge in [-0.05, 0) is 19.4 Å². The summed E-state index contributed by atoms with van der Waals surface area (Å²) in [5.41, 5.74) is 2.27. The number of thiazole rings is 1. The SMILES string of the molecule is CC(C)(O/N=C(\C(=O)NC1C(=O)N2C(C(=O)O)=C(CSC3N=NN=[N+]3c3cc(O)c(O)c(Cl)c3CC(=O)O)CSC12)c1csc(N)n1)C(=O)O. The van der Waals surface area contributed by atoms with Crippen molar-refractivity contribution in [3.05, 3.63) is 39.0 Å². The van der Waals surface area contributed by atoms with Gasteiger partial charge in [-0.25, -0.2) is 14.6 Å². The number of oxime groups is 1. The number of carbonyl (C=O) groups is 5. The van der Waals surface area contributed by atoms with Gasteiger partial charge in [0.15, 0.2) is 33.3 Å². The molecular weight excluding hydrogens is 746 g/mol. The fraction of sp³-hybridized carbons (Fsp3) is 0.346. The highest BCUT2D eigenvalue weighted by Crippen LogP contribution is 2.45. The minimum Gasteiger partial charge on any atom is -0.504 e. The van der Waals surface area contributed by atoms with Crippen LogP contribution in [0.5, 0.6) is 11.5 Å². The number of fused-ring (bicyclic) bond motifs is 1. The van der Waals surface area contributed by atoms with Crippen molar-refractivity contribution in [3.8, 4) is 11.5 Å². The van der Waals surface area contributed by atoms with Crippen LogP contribution < -0.4 is 11.1 Å². The number of halogens is 1. The molecule has 1 aromatic carbocycles. The lowest BCUT2D eigenvalue weighted by Gasteiger charge is -2.49. The fourth-order valence-corrected chi connectivity index (χ4v) is 7.91. The van der Waals surface area contributed by atoms with Crippen molar-refractivity contribution < 1.29 is 59.0 Å². The molecule has 1 aromatic heterocycles. The number of carboxylic acid groups (broad SMARTS) is 3. The van der Waals surface area contributed by atoms with E-state index in [2.05, 4.69) is 31.0 Å². The standard InChI is InChI=1S/C26H24ClN9O11S3/c1-26(2,23(45)46)47-32-15(10-7-49-24(28)29-10)19(41)30-16-20(42)35-17(22(43)44)8(5-48-21(16)35)6-50-25-31-33-34-36(25)11-4-12(37)18(40)14(27)9(11)3-13(38)39/h4,7,16,21,25H,3,5-6H2,1-2H3,(H7,28,29,30,31,34,38,39,41,43,44,45,46)/p+1/b32-15-. The molecule has 3 unspecified atom stereocenters. The average Bonchev–Trinajstić information content (AvgIpc) is 3.70. The lowest BCUT2D eigenvalue weighted by molar-refractivity contribution is -0.516. The Morgan fingerprint density at radius 1 is 1.26 bits per heavy atom. The van der Waals surface area contributed by atoms with E-state index in [-0.39, 0.29) is 39.3 Å². The van der Waals surface area contributed by atoms with Crippen LogP contribution in [-0.2, 0) is 35.2 Å². The summed E-state index contributed by atoms with van der Waals surface area (Å²) in [4.78, 5) is 72.2. The maximum absolute atomic E-state index is 13.3. The Labute approximate surface area is 297 Å². The second-order valence-electron chi connectivity index (χ2n) is 10.9. The van der Waals surface area contributed by atoms with Crippen molar-refractivity contribution in [1.29, 1.82) is 0 Å². The summed E-state index contributed by atoms with van der Waals surface area (Å²) >= 11 is 9.28. The van der Waals surface area contributed by atoms with Crippen molar-refractivity contribution in [2.75, 3.05) is 17.2 Å². The van der Waals surface area contributed by atoms with Crippen LogP contribution in [0.2, 0.25) is 5.02 Å². The number of aromatic hydroxyl groups is 2. The molecule has 0 spiro atoms. The maximum atomic E-state index is 13.3. The second-order valence-corrected chi connectivity index (χ2v) is 14.4. The van der Waals surface area contributed by atoms with Crippen LogP contribution in [0.15, 0.2) is 43.4 Å². The predicted molar refractivity (Wildman–Crippen MR) is 175 cm³/mol. The van der Waals surface area contributed by atoms with E-state index in [4.69, 9.17) is 22.2 Å². The molecule has 3 aliphatic heterocycles. The molecule has 3 aliphatic rings. The number of aromatic nitrogens is 1. The number of nitrogens with one attached hydrogen (secondary N) is 1. The Morgan fingerprint density at radius 2 is 1.98 bits per heavy atom. The van der Waals surface area contributed by atoms with Gasteiger partial charge < -0.3 is 41.4 Å². The molecule has 5 rings (SSSR count). The van der Waals surface area contributed by atoms with E-state index < -0.39 is 80.9 Å². The van der Waals surface area contributed by atoms with Gasteiger partial charge in [0.25, 0.3) is 11.8 Å². The first kappa shape index (κ1) is 36.3. The number of benzene rings is 1. The minimum absolute atomic E-state index is 0.0163. The number of carbonyl (C=O) groups excluding carboxylic acids is 2. The third-order valence-electron chi connectivity index (χ3n) is 7.17. The monoisotopic (exact) mass is 770 g/mol. The number of hydrogen-bond acceptors (Lipinski definition) is 17. The number of amides is 2. The third-order valence-corrected chi connectivity index (χ3v) is 10.7. The van der Waals surface area contributed by atoms with Crippen LogP contribution in [0.1, 0.15) is 25.1 Å². The van der Waals surface area contributed by atoms with E-state index in [1.54, 1.807) is 0 Å². The van der Waals surface area contributed by atoms with E-state index in [0.717, 1.165) is 50.5 Å². The van der Waals surface area contributed by atoms with Crippen LogP contribution in [0, 0.1) is 0 Å². The summed E-state index contributed by atoms with van der Waals surface area (Å²) in [5, 5.41) is 66.9. The van der Waals surface area contributed by atoms with Crippen LogP contribution in [0.4, 0.5) is 10.8 Å². The number of nitrogen functional groups attached to an aromatic ring is 1. The van der Waals surface area contributed by atoms with E-state index >= 15 is 0 Å². The number of phenolic OH excluding ortho intramolecular Hbond substituents is 2. The van der Waals surface area contributed by atoms with Gasteiger partial charge >= 0.3 is 23.4 Å². The van der Waals surface area contributed by atoms with Gasteiger partial charge in [-0.15, -0.1) is 23.1 Å². The lowest BCUT2D eigenvalue weighted by Crippen LogP contribution is -2.71. The molecule has 0 radical (unpaired) electrons. The Bertz CT molecular complexity index is 1950. The molecule has 264 valence electrons. The molecule has 8 N–H and O–H groups in total. The first-order valence-corrected chi connectivity index (χ1v) is 17.3. The molecule has 3 atom stereocenters. The number of anilines is 1. The van der Waals surface area contributed by atoms with Gasteiger partial charge in [0.1, 0.15) is 22.8 Å². The highest BCUT2D eigenvalue weighted by atomic mass is 35.5. The molecule has 2 amide bonds. The number of phenols is 2. The molecule has 2 aromatic rings. The molecular formula is C26H25ClN9O11S3+. The summed E-state index contributed by atoms with van der Waals surface area (Å²) in [6.45, 7) is 2.41. The van der Waals surface area contributed by atoms with Crippen molar-refractivity contribution >= 4 is 92.7 Å². The Kier molecular flexibility index (Phi) is 10.2. The van der Waals surface area contributed by atoms with E-state index in [9.17, 15) is 49.5 Å². The molecule has 20 nitrogen and oxygen atoms in total. The quantitative estimate of drug-likeness (QED) is 0.0503. The summed E-state index contributed by atoms with van der Waals surface area (Å²) in [5.74, 6) is -7.07.